The fourth-order valence-electron chi connectivity index (χ4n) is 3.00. The molecule has 0 bridgehead atoms. The second kappa shape index (κ2) is 4.83. The minimum absolute atomic E-state index is 0.212. The van der Waals surface area contributed by atoms with Crippen molar-refractivity contribution in [1.29, 1.82) is 0 Å². The van der Waals surface area contributed by atoms with Gasteiger partial charge in [0.25, 0.3) is 11.7 Å². The Hall–Kier alpha value is -2.37. The fourth-order valence-corrected chi connectivity index (χ4v) is 3.00. The highest BCUT2D eigenvalue weighted by atomic mass is 16.7. The van der Waals surface area contributed by atoms with Gasteiger partial charge in [-0.05, 0) is 30.3 Å². The van der Waals surface area contributed by atoms with Crippen molar-refractivity contribution in [1.82, 2.24) is 0 Å². The van der Waals surface area contributed by atoms with E-state index in [0.717, 1.165) is 22.7 Å². The second-order valence-electron chi connectivity index (χ2n) is 5.17. The first kappa shape index (κ1) is 13.3. The van der Waals surface area contributed by atoms with Crippen molar-refractivity contribution in [3.05, 3.63) is 54.1 Å². The molecule has 0 aliphatic carbocycles. The van der Waals surface area contributed by atoms with Gasteiger partial charge in [-0.15, -0.1) is 0 Å². The number of para-hydroxylation sites is 1. The molecule has 5 nitrogen and oxygen atoms in total. The molecule has 2 aromatic rings. The molecule has 0 aromatic heterocycles. The van der Waals surface area contributed by atoms with Crippen LogP contribution in [0.15, 0.2) is 48.5 Å². The Morgan fingerprint density at radius 3 is 2.41 bits per heavy atom. The maximum atomic E-state index is 13.0. The number of carbonyl (C=O) groups is 1. The van der Waals surface area contributed by atoms with Crippen molar-refractivity contribution in [2.75, 3.05) is 25.2 Å². The normalized spacial score (nSPS) is 18.8. The van der Waals surface area contributed by atoms with Crippen molar-refractivity contribution in [2.45, 2.75) is 5.79 Å². The quantitative estimate of drug-likeness (QED) is 0.855. The molecule has 1 spiro atoms. The van der Waals surface area contributed by atoms with Gasteiger partial charge in [-0.2, -0.15) is 0 Å². The van der Waals surface area contributed by atoms with Gasteiger partial charge < -0.3 is 14.2 Å². The third-order valence-corrected chi connectivity index (χ3v) is 4.01. The Morgan fingerprint density at radius 1 is 1.05 bits per heavy atom. The Morgan fingerprint density at radius 2 is 1.73 bits per heavy atom. The van der Waals surface area contributed by atoms with E-state index in [9.17, 15) is 4.79 Å². The summed E-state index contributed by atoms with van der Waals surface area (Å²) in [5.41, 5.74) is 2.31. The lowest BCUT2D eigenvalue weighted by Crippen LogP contribution is -2.39. The van der Waals surface area contributed by atoms with Crippen LogP contribution in [0.1, 0.15) is 5.56 Å². The number of hydrogen-bond donors (Lipinski definition) is 0. The number of fused-ring (bicyclic) bond motifs is 2. The third kappa shape index (κ3) is 1.70. The number of hydrogen-bond acceptors (Lipinski definition) is 4. The molecular formula is C17H15NO4. The van der Waals surface area contributed by atoms with Crippen LogP contribution in [0.3, 0.4) is 0 Å². The summed E-state index contributed by atoms with van der Waals surface area (Å²) in [6.45, 7) is 0.826. The molecule has 4 rings (SSSR count). The lowest BCUT2D eigenvalue weighted by atomic mass is 10.1. The smallest absolute Gasteiger partial charge is 0.297 e. The number of methoxy groups -OCH3 is 1. The van der Waals surface area contributed by atoms with E-state index in [2.05, 4.69) is 0 Å². The molecule has 0 unspecified atom stereocenters. The van der Waals surface area contributed by atoms with Crippen LogP contribution in [0.5, 0.6) is 5.75 Å². The van der Waals surface area contributed by atoms with E-state index in [1.165, 1.54) is 0 Å². The van der Waals surface area contributed by atoms with E-state index >= 15 is 0 Å². The summed E-state index contributed by atoms with van der Waals surface area (Å²) in [6, 6.07) is 14.9. The predicted octanol–water partition coefficient (Wildman–Crippen LogP) is 2.57. The van der Waals surface area contributed by atoms with Crippen molar-refractivity contribution in [2.24, 2.45) is 0 Å². The maximum Gasteiger partial charge on any atom is 0.297 e. The minimum atomic E-state index is -1.30. The first-order valence-corrected chi connectivity index (χ1v) is 7.12. The van der Waals surface area contributed by atoms with Crippen LogP contribution < -0.4 is 9.64 Å². The summed E-state index contributed by atoms with van der Waals surface area (Å²) in [5.74, 6) is -0.764. The van der Waals surface area contributed by atoms with Gasteiger partial charge in [0, 0.05) is 11.3 Å². The summed E-state index contributed by atoms with van der Waals surface area (Å²) < 4.78 is 16.6. The molecule has 0 saturated carbocycles. The minimum Gasteiger partial charge on any atom is -0.497 e. The SMILES string of the molecule is COc1ccc(N2C(=O)C3(OCCO3)c3ccccc32)cc1. The number of rotatable bonds is 2. The number of ether oxygens (including phenoxy) is 3. The van der Waals surface area contributed by atoms with E-state index in [0.29, 0.717) is 13.2 Å². The summed E-state index contributed by atoms with van der Waals surface area (Å²) in [6.07, 6.45) is 0. The number of carbonyl (C=O) groups excluding carboxylic acids is 1. The van der Waals surface area contributed by atoms with Crippen molar-refractivity contribution in [3.63, 3.8) is 0 Å². The van der Waals surface area contributed by atoms with Gasteiger partial charge in [0.15, 0.2) is 0 Å². The van der Waals surface area contributed by atoms with Crippen LogP contribution >= 0.6 is 0 Å². The van der Waals surface area contributed by atoms with Gasteiger partial charge in [0.05, 0.1) is 26.0 Å². The Kier molecular flexibility index (Phi) is 2.92. The molecule has 2 heterocycles. The zero-order chi connectivity index (χ0) is 15.2. The third-order valence-electron chi connectivity index (χ3n) is 4.01. The van der Waals surface area contributed by atoms with Gasteiger partial charge in [0.1, 0.15) is 5.75 Å². The first-order valence-electron chi connectivity index (χ1n) is 7.12. The maximum absolute atomic E-state index is 13.0. The Balaban J connectivity index is 1.84. The molecule has 2 aromatic carbocycles. The molecule has 0 radical (unpaired) electrons. The van der Waals surface area contributed by atoms with E-state index in [1.807, 2.05) is 48.5 Å². The fraction of sp³-hybridized carbons (Fsp3) is 0.235. The number of anilines is 2. The highest BCUT2D eigenvalue weighted by Crippen LogP contribution is 2.48. The first-order chi connectivity index (χ1) is 10.8. The van der Waals surface area contributed by atoms with E-state index < -0.39 is 5.79 Å². The Bertz CT molecular complexity index is 720. The molecule has 0 atom stereocenters. The zero-order valence-corrected chi connectivity index (χ0v) is 12.1. The van der Waals surface area contributed by atoms with Gasteiger partial charge in [0.2, 0.25) is 0 Å². The van der Waals surface area contributed by atoms with Crippen LogP contribution in [-0.4, -0.2) is 26.2 Å². The number of amides is 1. The van der Waals surface area contributed by atoms with Gasteiger partial charge in [-0.3, -0.25) is 9.69 Å². The molecule has 5 heteroatoms. The van der Waals surface area contributed by atoms with Gasteiger partial charge >= 0.3 is 0 Å². The summed E-state index contributed by atoms with van der Waals surface area (Å²) in [7, 11) is 1.61. The molecular weight excluding hydrogens is 282 g/mol. The van der Waals surface area contributed by atoms with Crippen LogP contribution in [-0.2, 0) is 20.1 Å². The monoisotopic (exact) mass is 297 g/mol. The zero-order valence-electron chi connectivity index (χ0n) is 12.1. The largest absolute Gasteiger partial charge is 0.497 e. The topological polar surface area (TPSA) is 48.0 Å². The second-order valence-corrected chi connectivity index (χ2v) is 5.17. The number of nitrogens with zero attached hydrogens (tertiary/aromatic N) is 1. The lowest BCUT2D eigenvalue weighted by Gasteiger charge is -2.22. The van der Waals surface area contributed by atoms with Crippen LogP contribution in [0.25, 0.3) is 0 Å². The average molecular weight is 297 g/mol. The molecule has 2 aliphatic rings. The highest BCUT2D eigenvalue weighted by molar-refractivity contribution is 6.11. The van der Waals surface area contributed by atoms with E-state index in [-0.39, 0.29) is 5.91 Å². The standard InChI is InChI=1S/C17H15NO4/c1-20-13-8-6-12(7-9-13)18-15-5-3-2-4-14(15)17(16(18)19)21-10-11-22-17/h2-9H,10-11H2,1H3. The molecule has 1 saturated heterocycles. The van der Waals surface area contributed by atoms with Crippen molar-refractivity contribution in [3.8, 4) is 5.75 Å². The molecule has 112 valence electrons. The molecule has 0 N–H and O–H groups in total. The predicted molar refractivity (Wildman–Crippen MR) is 80.2 cm³/mol. The average Bonchev–Trinajstić information content (AvgIpc) is 3.15. The van der Waals surface area contributed by atoms with Gasteiger partial charge in [-0.25, -0.2) is 0 Å². The molecule has 2 aliphatic heterocycles. The molecule has 1 amide bonds. The van der Waals surface area contributed by atoms with Gasteiger partial charge in [-0.1, -0.05) is 18.2 Å². The molecule has 1 fully saturated rings. The van der Waals surface area contributed by atoms with E-state index in [4.69, 9.17) is 14.2 Å². The lowest BCUT2D eigenvalue weighted by molar-refractivity contribution is -0.180. The van der Waals surface area contributed by atoms with Crippen molar-refractivity contribution >= 4 is 17.3 Å². The molecule has 22 heavy (non-hydrogen) atoms. The summed E-state index contributed by atoms with van der Waals surface area (Å²) in [4.78, 5) is 14.6. The van der Waals surface area contributed by atoms with E-state index in [1.54, 1.807) is 12.0 Å². The summed E-state index contributed by atoms with van der Waals surface area (Å²) in [5, 5.41) is 0. The Labute approximate surface area is 128 Å². The number of benzene rings is 2. The van der Waals surface area contributed by atoms with Crippen molar-refractivity contribution < 1.29 is 19.0 Å². The highest BCUT2D eigenvalue weighted by Gasteiger charge is 2.56. The van der Waals surface area contributed by atoms with Crippen LogP contribution in [0.2, 0.25) is 0 Å². The van der Waals surface area contributed by atoms with Crippen LogP contribution in [0.4, 0.5) is 11.4 Å². The summed E-state index contributed by atoms with van der Waals surface area (Å²) >= 11 is 0. The van der Waals surface area contributed by atoms with Crippen LogP contribution in [0, 0.1) is 0 Å².